The second kappa shape index (κ2) is 13.0. The maximum absolute atomic E-state index is 8.25. The van der Waals surface area contributed by atoms with Gasteiger partial charge in [-0.15, -0.1) is 0 Å². The van der Waals surface area contributed by atoms with E-state index in [1.54, 1.807) is 24.6 Å². The van der Waals surface area contributed by atoms with Crippen molar-refractivity contribution >= 4 is 13.7 Å². The maximum atomic E-state index is 8.25. The molecule has 0 unspecified atom stereocenters. The zero-order chi connectivity index (χ0) is 12.9. The Labute approximate surface area is 102 Å². The van der Waals surface area contributed by atoms with E-state index in [0.717, 1.165) is 0 Å². The fraction of sp³-hybridized carbons (Fsp3) is 0.923. The fourth-order valence-corrected chi connectivity index (χ4v) is 7.70. The summed E-state index contributed by atoms with van der Waals surface area (Å²) >= 11 is 0. The molecule has 3 heteroatoms. The fourth-order valence-electron chi connectivity index (χ4n) is 2.57. The van der Waals surface area contributed by atoms with Gasteiger partial charge in [0.25, 0.3) is 0 Å². The van der Waals surface area contributed by atoms with Crippen molar-refractivity contribution < 1.29 is 9.90 Å². The molecular weight excluding hydrogens is 219 g/mol. The Hall–Kier alpha value is -0.100. The van der Waals surface area contributed by atoms with Gasteiger partial charge in [-0.3, -0.25) is 0 Å². The predicted octanol–water partition coefficient (Wildman–Crippen LogP) is 3.01. The molecule has 0 heterocycles. The SMILES string of the molecule is CCC[P+](CCC)(CCC)CCC.O=C[O-]. The second-order valence-electron chi connectivity index (χ2n) is 4.33. The number of rotatable bonds is 8. The molecule has 0 aliphatic rings. The molecule has 0 aliphatic heterocycles. The zero-order valence-electron chi connectivity index (χ0n) is 11.5. The van der Waals surface area contributed by atoms with Crippen LogP contribution in [0.4, 0.5) is 0 Å². The topological polar surface area (TPSA) is 40.1 Å². The molecule has 2 nitrogen and oxygen atoms in total. The largest absolute Gasteiger partial charge is 0.554 e. The van der Waals surface area contributed by atoms with E-state index in [4.69, 9.17) is 9.90 Å². The first-order chi connectivity index (χ1) is 7.66. The molecule has 0 radical (unpaired) electrons. The molecule has 0 fully saturated rings. The minimum atomic E-state index is -0.500. The van der Waals surface area contributed by atoms with Crippen molar-refractivity contribution in [1.29, 1.82) is 0 Å². The van der Waals surface area contributed by atoms with Gasteiger partial charge >= 0.3 is 0 Å². The van der Waals surface area contributed by atoms with Crippen LogP contribution in [-0.4, -0.2) is 31.1 Å². The normalized spacial score (nSPS) is 10.5. The number of hydrogen-bond acceptors (Lipinski definition) is 2. The Morgan fingerprint density at radius 1 is 0.812 bits per heavy atom. The molecule has 0 saturated heterocycles. The van der Waals surface area contributed by atoms with Gasteiger partial charge in [0, 0.05) is 13.7 Å². The maximum Gasteiger partial charge on any atom is 0.0591 e. The first kappa shape index (κ1) is 18.3. The van der Waals surface area contributed by atoms with E-state index in [1.165, 1.54) is 25.7 Å². The third-order valence-corrected chi connectivity index (χ3v) is 8.38. The lowest BCUT2D eigenvalue weighted by atomic mass is 10.5. The van der Waals surface area contributed by atoms with Crippen molar-refractivity contribution in [2.24, 2.45) is 0 Å². The van der Waals surface area contributed by atoms with Crippen LogP contribution in [0.1, 0.15) is 53.4 Å². The van der Waals surface area contributed by atoms with Crippen molar-refractivity contribution in [3.05, 3.63) is 0 Å². The van der Waals surface area contributed by atoms with Crippen LogP contribution in [0, 0.1) is 0 Å². The van der Waals surface area contributed by atoms with Gasteiger partial charge in [0.05, 0.1) is 24.6 Å². The van der Waals surface area contributed by atoms with Crippen LogP contribution in [-0.2, 0) is 4.79 Å². The van der Waals surface area contributed by atoms with Crippen LogP contribution in [0.5, 0.6) is 0 Å². The summed E-state index contributed by atoms with van der Waals surface area (Å²) in [6.07, 6.45) is 11.9. The minimum Gasteiger partial charge on any atom is -0.554 e. The molecule has 16 heavy (non-hydrogen) atoms. The van der Waals surface area contributed by atoms with Crippen molar-refractivity contribution in [3.63, 3.8) is 0 Å². The summed E-state index contributed by atoms with van der Waals surface area (Å²) in [4.78, 5) is 8.25. The Bertz CT molecular complexity index is 119. The van der Waals surface area contributed by atoms with Crippen LogP contribution in [0.25, 0.3) is 0 Å². The van der Waals surface area contributed by atoms with Gasteiger partial charge in [-0.1, -0.05) is 27.7 Å². The summed E-state index contributed by atoms with van der Waals surface area (Å²) in [5, 5.41) is 8.25. The van der Waals surface area contributed by atoms with Gasteiger partial charge in [0.1, 0.15) is 0 Å². The van der Waals surface area contributed by atoms with E-state index in [1.807, 2.05) is 0 Å². The third kappa shape index (κ3) is 9.15. The van der Waals surface area contributed by atoms with Crippen LogP contribution < -0.4 is 5.11 Å². The van der Waals surface area contributed by atoms with Crippen LogP contribution in [0.15, 0.2) is 0 Å². The standard InChI is InChI=1S/C12H28P.CH2O2/c1-5-9-13(10-6-2,11-7-3)12-8-4;2-1-3/h5-12H2,1-4H3;1H,(H,2,3)/q+1;/p-1. The molecule has 0 spiro atoms. The van der Waals surface area contributed by atoms with E-state index in [2.05, 4.69) is 27.7 Å². The van der Waals surface area contributed by atoms with Gasteiger partial charge in [-0.05, 0) is 25.7 Å². The monoisotopic (exact) mass is 248 g/mol. The summed E-state index contributed by atoms with van der Waals surface area (Å²) < 4.78 is 0. The lowest BCUT2D eigenvalue weighted by Crippen LogP contribution is -2.10. The van der Waals surface area contributed by atoms with Gasteiger partial charge in [0.15, 0.2) is 0 Å². The molecule has 0 N–H and O–H groups in total. The Kier molecular flexibility index (Phi) is 14.8. The smallest absolute Gasteiger partial charge is 0.0591 e. The zero-order valence-corrected chi connectivity index (χ0v) is 12.4. The molecule has 0 rings (SSSR count). The van der Waals surface area contributed by atoms with Crippen LogP contribution in [0.3, 0.4) is 0 Å². The molecule has 98 valence electrons. The highest BCUT2D eigenvalue weighted by atomic mass is 31.2. The number of carbonyl (C=O) groups excluding carboxylic acids is 1. The van der Waals surface area contributed by atoms with Gasteiger partial charge in [-0.2, -0.15) is 0 Å². The van der Waals surface area contributed by atoms with Crippen molar-refractivity contribution in [1.82, 2.24) is 0 Å². The van der Waals surface area contributed by atoms with E-state index in [9.17, 15) is 0 Å². The molecule has 0 amide bonds. The van der Waals surface area contributed by atoms with Gasteiger partial charge in [-0.25, -0.2) is 0 Å². The summed E-state index contributed by atoms with van der Waals surface area (Å²) in [6.45, 7) is 8.93. The van der Waals surface area contributed by atoms with Crippen LogP contribution in [0.2, 0.25) is 0 Å². The number of hydrogen-bond donors (Lipinski definition) is 0. The number of carbonyl (C=O) groups is 1. The van der Waals surface area contributed by atoms with E-state index in [0.29, 0.717) is 0 Å². The first-order valence-electron chi connectivity index (χ1n) is 6.56. The minimum absolute atomic E-state index is 0.496. The highest BCUT2D eigenvalue weighted by molar-refractivity contribution is 7.75. The Morgan fingerprint density at radius 3 is 1.12 bits per heavy atom. The van der Waals surface area contributed by atoms with Crippen LogP contribution >= 0.6 is 7.26 Å². The predicted molar refractivity (Wildman–Crippen MR) is 73.6 cm³/mol. The quantitative estimate of drug-likeness (QED) is 0.489. The highest BCUT2D eigenvalue weighted by Gasteiger charge is 2.32. The van der Waals surface area contributed by atoms with Crippen molar-refractivity contribution in [3.8, 4) is 0 Å². The van der Waals surface area contributed by atoms with Crippen molar-refractivity contribution in [2.75, 3.05) is 24.6 Å². The summed E-state index contributed by atoms with van der Waals surface area (Å²) in [5.41, 5.74) is 0. The second-order valence-corrected chi connectivity index (χ2v) is 8.80. The summed E-state index contributed by atoms with van der Waals surface area (Å²) in [7, 11) is -0.496. The molecule has 0 saturated carbocycles. The Morgan fingerprint density at radius 2 is 1.00 bits per heavy atom. The van der Waals surface area contributed by atoms with Gasteiger partial charge in [0.2, 0.25) is 0 Å². The molecule has 0 aromatic rings. The molecule has 0 aromatic heterocycles. The lowest BCUT2D eigenvalue weighted by molar-refractivity contribution is -0.283. The summed E-state index contributed by atoms with van der Waals surface area (Å²) in [5.74, 6) is 0. The van der Waals surface area contributed by atoms with Gasteiger partial charge < -0.3 is 9.90 Å². The first-order valence-corrected chi connectivity index (χ1v) is 9.09. The number of carboxylic acid groups (broad SMARTS) is 1. The molecule has 0 aromatic carbocycles. The molecule has 0 aliphatic carbocycles. The lowest BCUT2D eigenvalue weighted by Gasteiger charge is -2.26. The highest BCUT2D eigenvalue weighted by Crippen LogP contribution is 2.60. The molecule has 0 bridgehead atoms. The van der Waals surface area contributed by atoms with Crippen molar-refractivity contribution in [2.45, 2.75) is 53.4 Å². The Balaban J connectivity index is 0. The average molecular weight is 248 g/mol. The average Bonchev–Trinajstić information content (AvgIpc) is 2.20. The molecular formula is C13H29O2P. The molecule has 0 atom stereocenters. The summed E-state index contributed by atoms with van der Waals surface area (Å²) in [6, 6.07) is 0. The van der Waals surface area contributed by atoms with E-state index >= 15 is 0 Å². The van der Waals surface area contributed by atoms with E-state index in [-0.39, 0.29) is 0 Å². The van der Waals surface area contributed by atoms with E-state index < -0.39 is 13.7 Å². The third-order valence-electron chi connectivity index (χ3n) is 2.79.